The number of carbonyl (C=O) groups is 1. The largest absolute Gasteiger partial charge is 0.480 e. The van der Waals surface area contributed by atoms with Crippen LogP contribution in [0.4, 0.5) is 5.95 Å². The topological polar surface area (TPSA) is 92.9 Å². The Kier molecular flexibility index (Phi) is 3.89. The Hall–Kier alpha value is -3.22. The summed E-state index contributed by atoms with van der Waals surface area (Å²) in [5, 5.41) is 12.2. The summed E-state index contributed by atoms with van der Waals surface area (Å²) in [4.78, 5) is 23.7. The van der Waals surface area contributed by atoms with Gasteiger partial charge in [-0.3, -0.25) is 4.79 Å². The standard InChI is InChI=1S/C18H17N5O2/c24-17(25)10-23-9-16(21-11-23)14-7-19-18(20-8-14)22-15-5-12-3-1-2-4-13(12)6-15/h1-4,7-9,11,15H,5-6,10H2,(H,24,25)(H,19,20,22). The summed E-state index contributed by atoms with van der Waals surface area (Å²) in [5.41, 5.74) is 4.16. The fraction of sp³-hybridized carbons (Fsp3) is 0.222. The summed E-state index contributed by atoms with van der Waals surface area (Å²) < 4.78 is 1.51. The summed E-state index contributed by atoms with van der Waals surface area (Å²) >= 11 is 0. The Morgan fingerprint density at radius 3 is 2.48 bits per heavy atom. The number of anilines is 1. The van der Waals surface area contributed by atoms with Crippen LogP contribution in [0.1, 0.15) is 11.1 Å². The molecular formula is C18H17N5O2. The minimum absolute atomic E-state index is 0.115. The zero-order chi connectivity index (χ0) is 17.2. The minimum atomic E-state index is -0.905. The van der Waals surface area contributed by atoms with E-state index < -0.39 is 5.97 Å². The van der Waals surface area contributed by atoms with Crippen molar-refractivity contribution in [2.75, 3.05) is 5.32 Å². The van der Waals surface area contributed by atoms with E-state index in [9.17, 15) is 4.79 Å². The Morgan fingerprint density at radius 1 is 1.16 bits per heavy atom. The van der Waals surface area contributed by atoms with Crippen molar-refractivity contribution in [3.63, 3.8) is 0 Å². The lowest BCUT2D eigenvalue weighted by Crippen LogP contribution is -2.20. The van der Waals surface area contributed by atoms with Gasteiger partial charge in [-0.15, -0.1) is 0 Å². The van der Waals surface area contributed by atoms with E-state index in [0.717, 1.165) is 18.4 Å². The summed E-state index contributed by atoms with van der Waals surface area (Å²) in [7, 11) is 0. The second-order valence-electron chi connectivity index (χ2n) is 6.14. The number of carboxylic acids is 1. The quantitative estimate of drug-likeness (QED) is 0.741. The molecule has 0 saturated heterocycles. The molecule has 0 unspecified atom stereocenters. The maximum Gasteiger partial charge on any atom is 0.323 e. The fourth-order valence-electron chi connectivity index (χ4n) is 3.13. The molecule has 0 fully saturated rings. The fourth-order valence-corrected chi connectivity index (χ4v) is 3.13. The third-order valence-electron chi connectivity index (χ3n) is 4.28. The van der Waals surface area contributed by atoms with E-state index in [1.165, 1.54) is 22.0 Å². The smallest absolute Gasteiger partial charge is 0.323 e. The molecule has 1 aliphatic rings. The Bertz CT molecular complexity index is 879. The van der Waals surface area contributed by atoms with Gasteiger partial charge in [-0.1, -0.05) is 24.3 Å². The molecule has 126 valence electrons. The number of imidazole rings is 1. The second kappa shape index (κ2) is 6.35. The third-order valence-corrected chi connectivity index (χ3v) is 4.28. The molecule has 7 heteroatoms. The lowest BCUT2D eigenvalue weighted by molar-refractivity contribution is -0.137. The molecule has 0 radical (unpaired) electrons. The highest BCUT2D eigenvalue weighted by molar-refractivity contribution is 5.67. The minimum Gasteiger partial charge on any atom is -0.480 e. The van der Waals surface area contributed by atoms with Gasteiger partial charge in [0.05, 0.1) is 12.0 Å². The van der Waals surface area contributed by atoms with Crippen LogP contribution >= 0.6 is 0 Å². The molecule has 0 amide bonds. The predicted octanol–water partition coefficient (Wildman–Crippen LogP) is 2.00. The first kappa shape index (κ1) is 15.3. The molecule has 4 rings (SSSR count). The van der Waals surface area contributed by atoms with Crippen molar-refractivity contribution in [2.45, 2.75) is 25.4 Å². The molecular weight excluding hydrogens is 318 g/mol. The average Bonchev–Trinajstić information content (AvgIpc) is 3.21. The Labute approximate surface area is 144 Å². The van der Waals surface area contributed by atoms with Gasteiger partial charge >= 0.3 is 5.97 Å². The number of aromatic nitrogens is 4. The van der Waals surface area contributed by atoms with Crippen LogP contribution in [0, 0.1) is 0 Å². The number of nitrogens with one attached hydrogen (secondary N) is 1. The third kappa shape index (κ3) is 3.35. The van der Waals surface area contributed by atoms with Crippen molar-refractivity contribution in [3.05, 3.63) is 60.3 Å². The van der Waals surface area contributed by atoms with E-state index in [1.54, 1.807) is 18.6 Å². The van der Waals surface area contributed by atoms with Gasteiger partial charge in [0.15, 0.2) is 0 Å². The molecule has 1 aromatic carbocycles. The molecule has 2 N–H and O–H groups in total. The van der Waals surface area contributed by atoms with E-state index in [1.807, 2.05) is 0 Å². The molecule has 7 nitrogen and oxygen atoms in total. The lowest BCUT2D eigenvalue weighted by atomic mass is 10.1. The van der Waals surface area contributed by atoms with E-state index >= 15 is 0 Å². The molecule has 2 aromatic heterocycles. The summed E-state index contributed by atoms with van der Waals surface area (Å²) in [6.45, 7) is -0.115. The molecule has 2 heterocycles. The van der Waals surface area contributed by atoms with Gasteiger partial charge in [0, 0.05) is 30.2 Å². The highest BCUT2D eigenvalue weighted by Crippen LogP contribution is 2.24. The average molecular weight is 335 g/mol. The van der Waals surface area contributed by atoms with Crippen molar-refractivity contribution in [1.29, 1.82) is 0 Å². The molecule has 0 saturated carbocycles. The normalized spacial score (nSPS) is 13.6. The summed E-state index contributed by atoms with van der Waals surface area (Å²) in [6, 6.07) is 8.76. The first-order chi connectivity index (χ1) is 12.2. The maximum absolute atomic E-state index is 10.7. The van der Waals surface area contributed by atoms with Crippen LogP contribution in [0.2, 0.25) is 0 Å². The SMILES string of the molecule is O=C(O)Cn1cnc(-c2cnc(NC3Cc4ccccc4C3)nc2)c1. The number of rotatable bonds is 5. The first-order valence-electron chi connectivity index (χ1n) is 8.06. The number of aliphatic carboxylic acids is 1. The van der Waals surface area contributed by atoms with Crippen molar-refractivity contribution >= 4 is 11.9 Å². The molecule has 0 bridgehead atoms. The summed E-state index contributed by atoms with van der Waals surface area (Å²) in [6.07, 6.45) is 8.51. The van der Waals surface area contributed by atoms with Crippen molar-refractivity contribution in [2.24, 2.45) is 0 Å². The van der Waals surface area contributed by atoms with Gasteiger partial charge in [0.2, 0.25) is 5.95 Å². The first-order valence-corrected chi connectivity index (χ1v) is 8.06. The number of carboxylic acid groups (broad SMARTS) is 1. The number of hydrogen-bond donors (Lipinski definition) is 2. The predicted molar refractivity (Wildman–Crippen MR) is 92.1 cm³/mol. The van der Waals surface area contributed by atoms with Crippen LogP contribution in [0.25, 0.3) is 11.3 Å². The molecule has 3 aromatic rings. The van der Waals surface area contributed by atoms with Gasteiger partial charge in [0.25, 0.3) is 0 Å². The number of nitrogens with zero attached hydrogens (tertiary/aromatic N) is 4. The second-order valence-corrected chi connectivity index (χ2v) is 6.14. The van der Waals surface area contributed by atoms with Gasteiger partial charge < -0.3 is 15.0 Å². The van der Waals surface area contributed by atoms with E-state index in [-0.39, 0.29) is 6.54 Å². The highest BCUT2D eigenvalue weighted by atomic mass is 16.4. The zero-order valence-corrected chi connectivity index (χ0v) is 13.5. The van der Waals surface area contributed by atoms with Crippen LogP contribution in [0.3, 0.4) is 0 Å². The van der Waals surface area contributed by atoms with Crippen molar-refractivity contribution in [3.8, 4) is 11.3 Å². The van der Waals surface area contributed by atoms with Crippen LogP contribution < -0.4 is 5.32 Å². The van der Waals surface area contributed by atoms with E-state index in [2.05, 4.69) is 44.5 Å². The van der Waals surface area contributed by atoms with E-state index in [0.29, 0.717) is 17.7 Å². The van der Waals surface area contributed by atoms with Gasteiger partial charge in [-0.05, 0) is 24.0 Å². The molecule has 25 heavy (non-hydrogen) atoms. The lowest BCUT2D eigenvalue weighted by Gasteiger charge is -2.11. The van der Waals surface area contributed by atoms with E-state index in [4.69, 9.17) is 5.11 Å². The van der Waals surface area contributed by atoms with Crippen LogP contribution in [0.5, 0.6) is 0 Å². The Morgan fingerprint density at radius 2 is 1.84 bits per heavy atom. The van der Waals surface area contributed by atoms with Crippen LogP contribution in [-0.4, -0.2) is 36.6 Å². The van der Waals surface area contributed by atoms with Gasteiger partial charge in [0.1, 0.15) is 6.54 Å². The number of hydrogen-bond acceptors (Lipinski definition) is 5. The maximum atomic E-state index is 10.7. The number of benzene rings is 1. The molecule has 1 aliphatic carbocycles. The summed E-state index contributed by atoms with van der Waals surface area (Å²) in [5.74, 6) is -0.316. The van der Waals surface area contributed by atoms with Crippen molar-refractivity contribution < 1.29 is 9.90 Å². The van der Waals surface area contributed by atoms with Crippen LogP contribution in [0.15, 0.2) is 49.2 Å². The monoisotopic (exact) mass is 335 g/mol. The highest BCUT2D eigenvalue weighted by Gasteiger charge is 2.21. The van der Waals surface area contributed by atoms with Crippen LogP contribution in [-0.2, 0) is 24.2 Å². The van der Waals surface area contributed by atoms with Gasteiger partial charge in [-0.25, -0.2) is 15.0 Å². The molecule has 0 atom stereocenters. The zero-order valence-electron chi connectivity index (χ0n) is 13.5. The molecule has 0 aliphatic heterocycles. The Balaban J connectivity index is 1.42. The van der Waals surface area contributed by atoms with Gasteiger partial charge in [-0.2, -0.15) is 0 Å². The molecule has 0 spiro atoms. The number of fused-ring (bicyclic) bond motifs is 1. The van der Waals surface area contributed by atoms with Crippen molar-refractivity contribution in [1.82, 2.24) is 19.5 Å².